The molecule has 3 aromatic rings. The number of carbonyl (C=O) groups is 1. The van der Waals surface area contributed by atoms with Gasteiger partial charge in [0, 0.05) is 0 Å². The maximum Gasteiger partial charge on any atom is 0.273 e. The third-order valence-electron chi connectivity index (χ3n) is 4.11. The summed E-state index contributed by atoms with van der Waals surface area (Å²) in [5.74, 6) is 0.189. The van der Waals surface area contributed by atoms with E-state index in [1.807, 2.05) is 37.3 Å². The number of nitrogens with one attached hydrogen (secondary N) is 1. The minimum absolute atomic E-state index is 0.144. The molecular weight excluding hydrogens is 330 g/mol. The van der Waals surface area contributed by atoms with Gasteiger partial charge in [0.05, 0.1) is 12.1 Å². The average molecular weight is 351 g/mol. The number of hydrogen-bond donors (Lipinski definition) is 3. The van der Waals surface area contributed by atoms with Gasteiger partial charge in [-0.15, -0.1) is 0 Å². The number of amides is 1. The monoisotopic (exact) mass is 351 g/mol. The third-order valence-corrected chi connectivity index (χ3v) is 4.11. The van der Waals surface area contributed by atoms with Crippen molar-refractivity contribution >= 4 is 5.91 Å². The molecule has 2 aromatic carbocycles. The first-order chi connectivity index (χ1) is 12.5. The minimum Gasteiger partial charge on any atom is -0.508 e. The molecule has 1 heterocycles. The molecule has 0 saturated carbocycles. The first kappa shape index (κ1) is 17.7. The Hall–Kier alpha value is -3.12. The molecule has 0 aliphatic heterocycles. The Labute approximate surface area is 151 Å². The van der Waals surface area contributed by atoms with Crippen LogP contribution < -0.4 is 11.1 Å². The fourth-order valence-electron chi connectivity index (χ4n) is 2.63. The van der Waals surface area contributed by atoms with Crippen molar-refractivity contribution < 1.29 is 14.3 Å². The van der Waals surface area contributed by atoms with Gasteiger partial charge in [-0.2, -0.15) is 0 Å². The van der Waals surface area contributed by atoms with Gasteiger partial charge < -0.3 is 20.6 Å². The van der Waals surface area contributed by atoms with Gasteiger partial charge in [-0.05, 0) is 36.6 Å². The lowest BCUT2D eigenvalue weighted by Crippen LogP contribution is -2.27. The number of aromatic nitrogens is 1. The zero-order valence-electron chi connectivity index (χ0n) is 14.4. The van der Waals surface area contributed by atoms with Crippen molar-refractivity contribution in [3.63, 3.8) is 0 Å². The average Bonchev–Trinajstić information content (AvgIpc) is 3.15. The van der Waals surface area contributed by atoms with E-state index in [2.05, 4.69) is 10.3 Å². The molecule has 0 radical (unpaired) electrons. The molecule has 0 spiro atoms. The fourth-order valence-corrected chi connectivity index (χ4v) is 2.63. The lowest BCUT2D eigenvalue weighted by molar-refractivity contribution is 0.0934. The van der Waals surface area contributed by atoms with Crippen molar-refractivity contribution in [2.75, 3.05) is 0 Å². The quantitative estimate of drug-likeness (QED) is 0.633. The van der Waals surface area contributed by atoms with Crippen LogP contribution in [0.4, 0.5) is 0 Å². The van der Waals surface area contributed by atoms with E-state index in [1.54, 1.807) is 24.3 Å². The molecule has 0 aliphatic rings. The van der Waals surface area contributed by atoms with Crippen LogP contribution in [0.1, 0.15) is 46.5 Å². The number of oxazole rings is 1. The molecule has 0 aliphatic carbocycles. The predicted molar refractivity (Wildman–Crippen MR) is 97.6 cm³/mol. The summed E-state index contributed by atoms with van der Waals surface area (Å²) in [6.45, 7) is 1.91. The highest BCUT2D eigenvalue weighted by atomic mass is 16.3. The molecule has 1 amide bonds. The van der Waals surface area contributed by atoms with E-state index in [9.17, 15) is 9.90 Å². The largest absolute Gasteiger partial charge is 0.508 e. The van der Waals surface area contributed by atoms with Gasteiger partial charge in [0.25, 0.3) is 5.91 Å². The van der Waals surface area contributed by atoms with Crippen LogP contribution in [0, 0.1) is 0 Å². The molecule has 134 valence electrons. The molecule has 6 heteroatoms. The summed E-state index contributed by atoms with van der Waals surface area (Å²) in [4.78, 5) is 16.6. The summed E-state index contributed by atoms with van der Waals surface area (Å²) in [7, 11) is 0. The molecule has 2 unspecified atom stereocenters. The molecule has 6 nitrogen and oxygen atoms in total. The van der Waals surface area contributed by atoms with Gasteiger partial charge in [-0.3, -0.25) is 4.79 Å². The van der Waals surface area contributed by atoms with Gasteiger partial charge in [0.1, 0.15) is 12.0 Å². The maximum atomic E-state index is 12.4. The van der Waals surface area contributed by atoms with Crippen LogP contribution in [-0.2, 0) is 6.42 Å². The van der Waals surface area contributed by atoms with Gasteiger partial charge in [0.15, 0.2) is 5.69 Å². The Morgan fingerprint density at radius 1 is 1.19 bits per heavy atom. The Bertz CT molecular complexity index is 860. The maximum absolute atomic E-state index is 12.4. The van der Waals surface area contributed by atoms with Gasteiger partial charge in [0.2, 0.25) is 5.89 Å². The van der Waals surface area contributed by atoms with Crippen LogP contribution in [0.25, 0.3) is 0 Å². The second-order valence-corrected chi connectivity index (χ2v) is 6.15. The number of rotatable bonds is 6. The van der Waals surface area contributed by atoms with Crippen LogP contribution in [0.15, 0.2) is 65.3 Å². The predicted octanol–water partition coefficient (Wildman–Crippen LogP) is 3.11. The number of nitrogens with two attached hydrogens (primary N) is 1. The van der Waals surface area contributed by atoms with E-state index in [0.717, 1.165) is 11.1 Å². The smallest absolute Gasteiger partial charge is 0.273 e. The first-order valence-corrected chi connectivity index (χ1v) is 8.37. The number of nitrogens with zero attached hydrogens (tertiary/aromatic N) is 1. The first-order valence-electron chi connectivity index (χ1n) is 8.37. The van der Waals surface area contributed by atoms with Crippen molar-refractivity contribution in [1.82, 2.24) is 10.3 Å². The normalized spacial score (nSPS) is 13.2. The highest BCUT2D eigenvalue weighted by Crippen LogP contribution is 2.18. The lowest BCUT2D eigenvalue weighted by atomic mass is 10.1. The van der Waals surface area contributed by atoms with Crippen LogP contribution in [-0.4, -0.2) is 16.0 Å². The van der Waals surface area contributed by atoms with E-state index in [4.69, 9.17) is 10.2 Å². The Morgan fingerprint density at radius 3 is 2.58 bits per heavy atom. The molecule has 2 atom stereocenters. The third kappa shape index (κ3) is 4.29. The summed E-state index contributed by atoms with van der Waals surface area (Å²) < 4.78 is 5.38. The van der Waals surface area contributed by atoms with Crippen LogP contribution in [0.3, 0.4) is 0 Å². The number of phenolic OH excluding ortho intramolecular Hbond substituents is 1. The minimum atomic E-state index is -0.479. The van der Waals surface area contributed by atoms with Crippen LogP contribution >= 0.6 is 0 Å². The van der Waals surface area contributed by atoms with Crippen molar-refractivity contribution in [1.29, 1.82) is 0 Å². The van der Waals surface area contributed by atoms with Crippen molar-refractivity contribution in [2.24, 2.45) is 5.73 Å². The number of carbonyl (C=O) groups excluding carboxylic acids is 1. The summed E-state index contributed by atoms with van der Waals surface area (Å²) in [6.07, 6.45) is 1.81. The summed E-state index contributed by atoms with van der Waals surface area (Å²) in [6, 6.07) is 15.8. The summed E-state index contributed by atoms with van der Waals surface area (Å²) >= 11 is 0. The number of hydrogen-bond acceptors (Lipinski definition) is 5. The second-order valence-electron chi connectivity index (χ2n) is 6.15. The highest BCUT2D eigenvalue weighted by Gasteiger charge is 2.19. The number of benzene rings is 2. The number of phenols is 1. The van der Waals surface area contributed by atoms with E-state index in [-0.39, 0.29) is 23.4 Å². The zero-order valence-corrected chi connectivity index (χ0v) is 14.4. The topological polar surface area (TPSA) is 101 Å². The molecule has 0 bridgehead atoms. The standard InChI is InChI=1S/C20H21N3O3/c1-13(15-5-3-2-4-6-15)22-19(25)18-12-26-20(23-18)17(21)11-14-7-9-16(24)10-8-14/h2-10,12-13,17,24H,11,21H2,1H3,(H,22,25). The number of aromatic hydroxyl groups is 1. The molecule has 26 heavy (non-hydrogen) atoms. The molecule has 4 N–H and O–H groups in total. The molecule has 0 saturated heterocycles. The van der Waals surface area contributed by atoms with Gasteiger partial charge >= 0.3 is 0 Å². The zero-order chi connectivity index (χ0) is 18.5. The van der Waals surface area contributed by atoms with E-state index in [0.29, 0.717) is 12.3 Å². The van der Waals surface area contributed by atoms with Crippen molar-refractivity contribution in [3.8, 4) is 5.75 Å². The fraction of sp³-hybridized carbons (Fsp3) is 0.200. The molecule has 1 aromatic heterocycles. The van der Waals surface area contributed by atoms with Crippen molar-refractivity contribution in [2.45, 2.75) is 25.4 Å². The Morgan fingerprint density at radius 2 is 1.88 bits per heavy atom. The Balaban J connectivity index is 1.63. The summed E-state index contributed by atoms with van der Waals surface area (Å²) in [5, 5.41) is 12.2. The lowest BCUT2D eigenvalue weighted by Gasteiger charge is -2.12. The second kappa shape index (κ2) is 7.84. The highest BCUT2D eigenvalue weighted by molar-refractivity contribution is 5.92. The van der Waals surface area contributed by atoms with Crippen LogP contribution in [0.5, 0.6) is 5.75 Å². The van der Waals surface area contributed by atoms with E-state index in [1.165, 1.54) is 6.26 Å². The Kier molecular flexibility index (Phi) is 5.34. The molecule has 3 rings (SSSR count). The van der Waals surface area contributed by atoms with Crippen LogP contribution in [0.2, 0.25) is 0 Å². The SMILES string of the molecule is CC(NC(=O)c1coc(C(N)Cc2ccc(O)cc2)n1)c1ccccc1. The van der Waals surface area contributed by atoms with E-state index < -0.39 is 6.04 Å². The van der Waals surface area contributed by atoms with Gasteiger partial charge in [-0.1, -0.05) is 42.5 Å². The molecular formula is C20H21N3O3. The van der Waals surface area contributed by atoms with Crippen molar-refractivity contribution in [3.05, 3.63) is 83.6 Å². The van der Waals surface area contributed by atoms with E-state index >= 15 is 0 Å². The van der Waals surface area contributed by atoms with Gasteiger partial charge in [-0.25, -0.2) is 4.98 Å². The molecule has 0 fully saturated rings. The summed E-state index contributed by atoms with van der Waals surface area (Å²) in [5.41, 5.74) is 8.27.